The van der Waals surface area contributed by atoms with Crippen molar-refractivity contribution in [3.63, 3.8) is 0 Å². The highest BCUT2D eigenvalue weighted by molar-refractivity contribution is 5.90. The van der Waals surface area contributed by atoms with Crippen molar-refractivity contribution < 1.29 is 10.2 Å². The van der Waals surface area contributed by atoms with Crippen LogP contribution >= 0.6 is 0 Å². The van der Waals surface area contributed by atoms with Crippen molar-refractivity contribution >= 4 is 34.1 Å². The number of benzene rings is 8. The molecule has 0 amide bonds. The predicted molar refractivity (Wildman–Crippen MR) is 216 cm³/mol. The predicted octanol–water partition coefficient (Wildman–Crippen LogP) is 12.4. The third-order valence-corrected chi connectivity index (χ3v) is 10.3. The van der Waals surface area contributed by atoms with E-state index in [1.165, 1.54) is 0 Å². The van der Waals surface area contributed by atoms with E-state index >= 15 is 0 Å². The van der Waals surface area contributed by atoms with E-state index in [9.17, 15) is 10.2 Å². The summed E-state index contributed by atoms with van der Waals surface area (Å²) >= 11 is 0. The minimum absolute atomic E-state index is 0.214. The summed E-state index contributed by atoms with van der Waals surface area (Å²) in [6, 6.07) is 70.5. The van der Waals surface area contributed by atoms with Crippen molar-refractivity contribution in [1.82, 2.24) is 0 Å². The molecule has 0 atom stereocenters. The molecule has 8 aromatic carbocycles. The van der Waals surface area contributed by atoms with Gasteiger partial charge in [0.05, 0.1) is 5.41 Å². The number of fused-ring (bicyclic) bond motifs is 3. The van der Waals surface area contributed by atoms with Gasteiger partial charge in [-0.25, -0.2) is 0 Å². The second-order valence-electron chi connectivity index (χ2n) is 13.3. The van der Waals surface area contributed by atoms with Gasteiger partial charge in [-0.3, -0.25) is 0 Å². The first-order chi connectivity index (χ1) is 26.1. The SMILES string of the molecule is Oc1ccc(C2(c3ccc(O)cc3)c3ccccc3-c3ccc(N(c4ccccc4)c4ccc(N(c5ccccc5)c5ccccc5)cc4)cc32)cc1. The second kappa shape index (κ2) is 13.3. The van der Waals surface area contributed by atoms with Crippen molar-refractivity contribution in [2.75, 3.05) is 9.80 Å². The molecule has 8 aromatic rings. The fourth-order valence-electron chi connectivity index (χ4n) is 7.99. The number of nitrogens with zero attached hydrogens (tertiary/aromatic N) is 2. The lowest BCUT2D eigenvalue weighted by Gasteiger charge is -2.35. The zero-order valence-electron chi connectivity index (χ0n) is 28.9. The van der Waals surface area contributed by atoms with Gasteiger partial charge < -0.3 is 20.0 Å². The fraction of sp³-hybridized carbons (Fsp3) is 0.0204. The maximum atomic E-state index is 10.4. The number of para-hydroxylation sites is 3. The molecule has 4 nitrogen and oxygen atoms in total. The van der Waals surface area contributed by atoms with Gasteiger partial charge in [0.15, 0.2) is 0 Å². The smallest absolute Gasteiger partial charge is 0.115 e. The van der Waals surface area contributed by atoms with Gasteiger partial charge in [-0.2, -0.15) is 0 Å². The van der Waals surface area contributed by atoms with Gasteiger partial charge in [-0.1, -0.05) is 109 Å². The number of anilines is 6. The fourth-order valence-corrected chi connectivity index (χ4v) is 7.99. The topological polar surface area (TPSA) is 46.9 Å². The van der Waals surface area contributed by atoms with E-state index in [0.717, 1.165) is 67.5 Å². The Bertz CT molecular complexity index is 2410. The third kappa shape index (κ3) is 5.49. The standard InChI is InChI=1S/C49H36N2O2/c52-43-29-20-35(21-30-43)49(36-22-31-44(53)32-23-36)47-19-11-10-18-45(47)46-33-28-42(34-48(46)49)51(39-16-8-3-9-17-39)41-26-24-40(25-27-41)50(37-12-4-1-5-13-37)38-14-6-2-7-15-38/h1-34,52-53H. The number of hydrogen-bond acceptors (Lipinski definition) is 4. The van der Waals surface area contributed by atoms with E-state index in [2.05, 4.69) is 149 Å². The van der Waals surface area contributed by atoms with E-state index in [-0.39, 0.29) is 11.5 Å². The van der Waals surface area contributed by atoms with Crippen LogP contribution in [0.2, 0.25) is 0 Å². The number of phenolic OH excluding ortho intramolecular Hbond substituents is 2. The lowest BCUT2D eigenvalue weighted by atomic mass is 9.67. The van der Waals surface area contributed by atoms with Crippen LogP contribution in [-0.4, -0.2) is 10.2 Å². The van der Waals surface area contributed by atoms with E-state index in [4.69, 9.17) is 0 Å². The number of aromatic hydroxyl groups is 2. The van der Waals surface area contributed by atoms with Gasteiger partial charge in [0, 0.05) is 34.1 Å². The Morgan fingerprint density at radius 2 is 0.660 bits per heavy atom. The van der Waals surface area contributed by atoms with Crippen LogP contribution < -0.4 is 9.80 Å². The average Bonchev–Trinajstić information content (AvgIpc) is 3.51. The van der Waals surface area contributed by atoms with Crippen LogP contribution in [0.15, 0.2) is 206 Å². The molecule has 4 heteroatoms. The summed E-state index contributed by atoms with van der Waals surface area (Å²) in [4.78, 5) is 4.58. The van der Waals surface area contributed by atoms with Crippen molar-refractivity contribution in [3.05, 3.63) is 229 Å². The van der Waals surface area contributed by atoms with Crippen molar-refractivity contribution in [3.8, 4) is 22.6 Å². The molecule has 0 aliphatic heterocycles. The summed E-state index contributed by atoms with van der Waals surface area (Å²) in [6.07, 6.45) is 0. The molecule has 0 aromatic heterocycles. The maximum absolute atomic E-state index is 10.4. The molecule has 53 heavy (non-hydrogen) atoms. The lowest BCUT2D eigenvalue weighted by Crippen LogP contribution is -2.28. The molecule has 0 saturated heterocycles. The normalized spacial score (nSPS) is 12.5. The minimum Gasteiger partial charge on any atom is -0.508 e. The quantitative estimate of drug-likeness (QED) is 0.167. The molecule has 0 saturated carbocycles. The molecule has 0 bridgehead atoms. The van der Waals surface area contributed by atoms with Crippen LogP contribution in [0.1, 0.15) is 22.3 Å². The van der Waals surface area contributed by atoms with E-state index in [0.29, 0.717) is 0 Å². The Balaban J connectivity index is 1.23. The molecule has 0 spiro atoms. The van der Waals surface area contributed by atoms with E-state index in [1.54, 1.807) is 24.3 Å². The molecule has 1 aliphatic carbocycles. The molecular weight excluding hydrogens is 649 g/mol. The first kappa shape index (κ1) is 31.9. The molecule has 254 valence electrons. The monoisotopic (exact) mass is 684 g/mol. The van der Waals surface area contributed by atoms with Crippen LogP contribution in [-0.2, 0) is 5.41 Å². The summed E-state index contributed by atoms with van der Waals surface area (Å²) in [5.41, 5.74) is 12.3. The minimum atomic E-state index is -0.707. The first-order valence-corrected chi connectivity index (χ1v) is 17.8. The number of phenols is 2. The zero-order chi connectivity index (χ0) is 35.8. The lowest BCUT2D eigenvalue weighted by molar-refractivity contribution is 0.475. The Hall–Kier alpha value is -7.04. The molecule has 0 fully saturated rings. The summed E-state index contributed by atoms with van der Waals surface area (Å²) in [5, 5.41) is 20.8. The molecule has 0 radical (unpaired) electrons. The van der Waals surface area contributed by atoms with Crippen molar-refractivity contribution in [2.45, 2.75) is 5.41 Å². The molecule has 2 N–H and O–H groups in total. The maximum Gasteiger partial charge on any atom is 0.115 e. The van der Waals surface area contributed by atoms with Gasteiger partial charge in [-0.15, -0.1) is 0 Å². The molecule has 0 unspecified atom stereocenters. The van der Waals surface area contributed by atoms with Crippen molar-refractivity contribution in [2.24, 2.45) is 0 Å². The summed E-state index contributed by atoms with van der Waals surface area (Å²) in [5.74, 6) is 0.429. The molecule has 1 aliphatic rings. The molecular formula is C49H36N2O2. The summed E-state index contributed by atoms with van der Waals surface area (Å²) in [7, 11) is 0. The van der Waals surface area contributed by atoms with Gasteiger partial charge in [0.25, 0.3) is 0 Å². The van der Waals surface area contributed by atoms with Crippen LogP contribution in [0, 0.1) is 0 Å². The van der Waals surface area contributed by atoms with Crippen LogP contribution in [0.3, 0.4) is 0 Å². The van der Waals surface area contributed by atoms with Gasteiger partial charge >= 0.3 is 0 Å². The van der Waals surface area contributed by atoms with Gasteiger partial charge in [-0.05, 0) is 130 Å². The molecule has 9 rings (SSSR count). The Kier molecular flexibility index (Phi) is 7.98. The molecule has 0 heterocycles. The van der Waals surface area contributed by atoms with Gasteiger partial charge in [0.1, 0.15) is 11.5 Å². The first-order valence-electron chi connectivity index (χ1n) is 17.8. The van der Waals surface area contributed by atoms with Crippen LogP contribution in [0.5, 0.6) is 11.5 Å². The highest BCUT2D eigenvalue weighted by Crippen LogP contribution is 2.57. The van der Waals surface area contributed by atoms with Gasteiger partial charge in [0.2, 0.25) is 0 Å². The van der Waals surface area contributed by atoms with E-state index in [1.807, 2.05) is 42.5 Å². The van der Waals surface area contributed by atoms with Crippen LogP contribution in [0.25, 0.3) is 11.1 Å². The number of rotatable bonds is 8. The Morgan fingerprint density at radius 3 is 1.13 bits per heavy atom. The van der Waals surface area contributed by atoms with Crippen LogP contribution in [0.4, 0.5) is 34.1 Å². The zero-order valence-corrected chi connectivity index (χ0v) is 28.9. The Labute approximate surface area is 309 Å². The largest absolute Gasteiger partial charge is 0.508 e. The third-order valence-electron chi connectivity index (χ3n) is 10.3. The average molecular weight is 685 g/mol. The summed E-state index contributed by atoms with van der Waals surface area (Å²) < 4.78 is 0. The highest BCUT2D eigenvalue weighted by atomic mass is 16.3. The Morgan fingerprint density at radius 1 is 0.302 bits per heavy atom. The summed E-state index contributed by atoms with van der Waals surface area (Å²) in [6.45, 7) is 0. The van der Waals surface area contributed by atoms with E-state index < -0.39 is 5.41 Å². The van der Waals surface area contributed by atoms with Crippen molar-refractivity contribution in [1.29, 1.82) is 0 Å². The second-order valence-corrected chi connectivity index (χ2v) is 13.3. The highest BCUT2D eigenvalue weighted by Gasteiger charge is 2.46. The number of hydrogen-bond donors (Lipinski definition) is 2.